The van der Waals surface area contributed by atoms with Crippen molar-refractivity contribution in [2.45, 2.75) is 40.8 Å². The second-order valence-corrected chi connectivity index (χ2v) is 17.1. The topological polar surface area (TPSA) is 0 Å². The molecule has 1 aliphatic rings. The standard InChI is InChI=1S/C15H9F2.C9H13.C2H6Si.Zr/c16-11-6-8-15(17)14(9-11)13-7-5-10-3-1-2-4-12(10)13;1-6-5-7(2)9(4)8(6)3;1-3-2;/h1-9H;6H,1-4H3;1-2H3;/q2*-1;;+2. The Kier molecular flexibility index (Phi) is 9.25. The van der Waals surface area contributed by atoms with Crippen LogP contribution in [0.25, 0.3) is 21.9 Å². The SMILES string of the molecule is CC1=[C-]C(C)C(C)=C1C.C[Si](C)=[Zr+2].Fc1ccc(F)c(-c2c[cH-]c3ccccc23)c1. The summed E-state index contributed by atoms with van der Waals surface area (Å²) in [5.41, 5.74) is 5.50. The van der Waals surface area contributed by atoms with E-state index in [1.807, 2.05) is 36.4 Å². The van der Waals surface area contributed by atoms with Gasteiger partial charge in [0.25, 0.3) is 0 Å². The number of fused-ring (bicyclic) bond motifs is 1. The van der Waals surface area contributed by atoms with Crippen molar-refractivity contribution < 1.29 is 32.1 Å². The Labute approximate surface area is 194 Å². The minimum Gasteiger partial charge on any atom is -0.207 e. The van der Waals surface area contributed by atoms with Gasteiger partial charge in [-0.3, -0.25) is 6.08 Å². The minimum absolute atomic E-state index is 0.210. The third kappa shape index (κ3) is 6.49. The summed E-state index contributed by atoms with van der Waals surface area (Å²) >= 11 is 1.74. The fraction of sp³-hybridized carbons (Fsp3) is 0.269. The van der Waals surface area contributed by atoms with Gasteiger partial charge in [-0.2, -0.15) is 11.1 Å². The molecule has 0 saturated heterocycles. The molecule has 1 atom stereocenters. The van der Waals surface area contributed by atoms with Crippen LogP contribution in [0.5, 0.6) is 0 Å². The molecule has 30 heavy (non-hydrogen) atoms. The first-order chi connectivity index (χ1) is 14.1. The van der Waals surface area contributed by atoms with Crippen LogP contribution in [0, 0.1) is 23.6 Å². The van der Waals surface area contributed by atoms with Gasteiger partial charge < -0.3 is 0 Å². The molecule has 1 aliphatic carbocycles. The van der Waals surface area contributed by atoms with Crippen molar-refractivity contribution in [2.75, 3.05) is 0 Å². The molecule has 4 heteroatoms. The summed E-state index contributed by atoms with van der Waals surface area (Å²) in [7, 11) is 0. The molecule has 0 bridgehead atoms. The van der Waals surface area contributed by atoms with Gasteiger partial charge in [0.15, 0.2) is 0 Å². The van der Waals surface area contributed by atoms with Crippen molar-refractivity contribution in [3.8, 4) is 11.1 Å². The molecule has 0 aliphatic heterocycles. The fourth-order valence-electron chi connectivity index (χ4n) is 3.25. The average molecular weight is 498 g/mol. The van der Waals surface area contributed by atoms with Crippen LogP contribution >= 0.6 is 0 Å². The first-order valence-electron chi connectivity index (χ1n) is 10.0. The summed E-state index contributed by atoms with van der Waals surface area (Å²) in [5, 5.41) is 1.98. The molecule has 3 aromatic rings. The van der Waals surface area contributed by atoms with Crippen molar-refractivity contribution in [1.29, 1.82) is 0 Å². The van der Waals surface area contributed by atoms with Crippen molar-refractivity contribution in [3.05, 3.63) is 89.0 Å². The minimum atomic E-state index is -0.424. The normalized spacial score (nSPS) is 15.3. The van der Waals surface area contributed by atoms with E-state index < -0.39 is 11.6 Å². The second-order valence-electron chi connectivity index (χ2n) is 7.76. The van der Waals surface area contributed by atoms with Gasteiger partial charge in [-0.15, -0.1) is 53.6 Å². The van der Waals surface area contributed by atoms with E-state index >= 15 is 0 Å². The molecule has 3 aromatic carbocycles. The number of allylic oxidation sites excluding steroid dienone is 4. The summed E-state index contributed by atoms with van der Waals surface area (Å²) in [6.07, 6.45) is 3.36. The van der Waals surface area contributed by atoms with Gasteiger partial charge in [0.05, 0.1) is 0 Å². The van der Waals surface area contributed by atoms with E-state index in [4.69, 9.17) is 0 Å². The predicted molar refractivity (Wildman–Crippen MR) is 122 cm³/mol. The summed E-state index contributed by atoms with van der Waals surface area (Å²) in [6, 6.07) is 14.9. The quantitative estimate of drug-likeness (QED) is 0.236. The van der Waals surface area contributed by atoms with Crippen molar-refractivity contribution in [1.82, 2.24) is 0 Å². The number of halogens is 2. The third-order valence-electron chi connectivity index (χ3n) is 5.14. The van der Waals surface area contributed by atoms with E-state index in [-0.39, 0.29) is 5.43 Å². The Morgan fingerprint density at radius 1 is 1.00 bits per heavy atom. The molecule has 0 amide bonds. The molecule has 1 unspecified atom stereocenters. The molecule has 0 heterocycles. The molecule has 0 radical (unpaired) electrons. The largest absolute Gasteiger partial charge is 0.207 e. The number of hydrogen-bond acceptors (Lipinski definition) is 0. The molecule has 0 fully saturated rings. The van der Waals surface area contributed by atoms with Crippen LogP contribution in [0.4, 0.5) is 8.78 Å². The first-order valence-corrected chi connectivity index (χ1v) is 16.2. The third-order valence-corrected chi connectivity index (χ3v) is 5.14. The van der Waals surface area contributed by atoms with Gasteiger partial charge in [-0.1, -0.05) is 32.8 Å². The smallest absolute Gasteiger partial charge is 0.123 e. The van der Waals surface area contributed by atoms with E-state index in [9.17, 15) is 8.78 Å². The van der Waals surface area contributed by atoms with Gasteiger partial charge in [-0.05, 0) is 23.8 Å². The first kappa shape index (κ1) is 24.8. The molecular formula is C26H28F2SiZr. The fourth-order valence-corrected chi connectivity index (χ4v) is 3.25. The molecule has 0 saturated carbocycles. The second kappa shape index (κ2) is 11.2. The van der Waals surface area contributed by atoms with Gasteiger partial charge in [-0.25, -0.2) is 14.4 Å². The molecule has 0 nitrogen and oxygen atoms in total. The zero-order valence-corrected chi connectivity index (χ0v) is 22.0. The van der Waals surface area contributed by atoms with Crippen LogP contribution in [0.2, 0.25) is 13.1 Å². The Bertz CT molecular complexity index is 1100. The summed E-state index contributed by atoms with van der Waals surface area (Å²) in [6.45, 7) is 13.3. The number of rotatable bonds is 1. The van der Waals surface area contributed by atoms with Crippen LogP contribution in [0.1, 0.15) is 27.7 Å². The molecule has 0 aromatic heterocycles. The van der Waals surface area contributed by atoms with Gasteiger partial charge in [0, 0.05) is 0 Å². The Morgan fingerprint density at radius 3 is 2.17 bits per heavy atom. The van der Waals surface area contributed by atoms with Crippen LogP contribution in [0.15, 0.2) is 71.3 Å². The number of benzene rings is 2. The average Bonchev–Trinajstić information content (AvgIpc) is 3.21. The van der Waals surface area contributed by atoms with Crippen LogP contribution in [-0.2, 0) is 23.3 Å². The zero-order valence-electron chi connectivity index (χ0n) is 18.5. The maximum Gasteiger partial charge on any atom is 0.123 e. The Hall–Kier alpha value is -1.51. The van der Waals surface area contributed by atoms with Gasteiger partial charge >= 0.3 is 41.9 Å². The predicted octanol–water partition coefficient (Wildman–Crippen LogP) is 8.01. The Balaban J connectivity index is 0.000000207. The molecule has 0 N–H and O–H groups in total. The maximum atomic E-state index is 13.7. The summed E-state index contributed by atoms with van der Waals surface area (Å²) in [5.74, 6) is -0.264. The monoisotopic (exact) mass is 496 g/mol. The van der Waals surface area contributed by atoms with E-state index in [1.165, 1.54) is 22.8 Å². The summed E-state index contributed by atoms with van der Waals surface area (Å²) < 4.78 is 26.9. The van der Waals surface area contributed by atoms with E-state index in [2.05, 4.69) is 46.9 Å². The maximum absolute atomic E-state index is 13.7. The Morgan fingerprint density at radius 2 is 1.63 bits per heavy atom. The van der Waals surface area contributed by atoms with Crippen molar-refractivity contribution >= 4 is 16.2 Å². The van der Waals surface area contributed by atoms with E-state index in [1.54, 1.807) is 23.3 Å². The van der Waals surface area contributed by atoms with Gasteiger partial charge in [0.2, 0.25) is 0 Å². The van der Waals surface area contributed by atoms with Crippen LogP contribution in [0.3, 0.4) is 0 Å². The van der Waals surface area contributed by atoms with E-state index in [0.29, 0.717) is 11.5 Å². The molecular weight excluding hydrogens is 470 g/mol. The summed E-state index contributed by atoms with van der Waals surface area (Å²) in [4.78, 5) is 0. The van der Waals surface area contributed by atoms with E-state index in [0.717, 1.165) is 28.5 Å². The molecule has 4 rings (SSSR count). The van der Waals surface area contributed by atoms with Gasteiger partial charge in [0.1, 0.15) is 11.6 Å². The van der Waals surface area contributed by atoms with Crippen molar-refractivity contribution in [2.24, 2.45) is 5.92 Å². The molecule has 0 spiro atoms. The van der Waals surface area contributed by atoms with Crippen LogP contribution < -0.4 is 0 Å². The molecule has 154 valence electrons. The van der Waals surface area contributed by atoms with Crippen LogP contribution in [-0.4, -0.2) is 5.43 Å². The van der Waals surface area contributed by atoms with Crippen molar-refractivity contribution in [3.63, 3.8) is 0 Å². The zero-order chi connectivity index (χ0) is 22.4. The number of hydrogen-bond donors (Lipinski definition) is 0.